The Kier molecular flexibility index (Phi) is 6.39. The van der Waals surface area contributed by atoms with Gasteiger partial charge in [-0.2, -0.15) is 4.31 Å². The third kappa shape index (κ3) is 4.86. The van der Waals surface area contributed by atoms with Crippen molar-refractivity contribution in [2.24, 2.45) is 0 Å². The topological polar surface area (TPSA) is 63.7 Å². The van der Waals surface area contributed by atoms with Crippen molar-refractivity contribution in [2.75, 3.05) is 4.31 Å². The second-order valence-corrected chi connectivity index (χ2v) is 9.18. The second-order valence-electron chi connectivity index (χ2n) is 6.47. The summed E-state index contributed by atoms with van der Waals surface area (Å²) < 4.78 is 34.0. The fraction of sp³-hybridized carbons (Fsp3) is 0.136. The zero-order valence-electron chi connectivity index (χ0n) is 15.9. The van der Waals surface area contributed by atoms with Crippen LogP contribution in [0.3, 0.4) is 0 Å². The van der Waals surface area contributed by atoms with Crippen LogP contribution in [0.4, 0.5) is 5.69 Å². The minimum atomic E-state index is -4.12. The summed E-state index contributed by atoms with van der Waals surface area (Å²) in [4.78, 5) is 13.3. The molecule has 1 amide bonds. The molecule has 29 heavy (non-hydrogen) atoms. The minimum absolute atomic E-state index is 0.0311. The van der Waals surface area contributed by atoms with Crippen molar-refractivity contribution in [3.05, 3.63) is 88.9 Å². The van der Waals surface area contributed by atoms with Crippen LogP contribution in [0.2, 0.25) is 0 Å². The summed E-state index contributed by atoms with van der Waals surface area (Å²) in [5.41, 5.74) is 1.21. The molecule has 1 unspecified atom stereocenters. The van der Waals surface area contributed by atoms with Crippen LogP contribution in [0, 0.1) is 6.92 Å². The van der Waals surface area contributed by atoms with Gasteiger partial charge in [0.25, 0.3) is 15.9 Å². The summed E-state index contributed by atoms with van der Waals surface area (Å²) in [6, 6.07) is 21.6. The predicted octanol–water partition coefficient (Wildman–Crippen LogP) is 4.95. The highest BCUT2D eigenvalue weighted by Gasteiger charge is 2.34. The molecule has 0 fully saturated rings. The molecule has 0 aliphatic heterocycles. The predicted molar refractivity (Wildman–Crippen MR) is 117 cm³/mol. The molecule has 3 aromatic carbocycles. The van der Waals surface area contributed by atoms with Gasteiger partial charge in [0.05, 0.1) is 10.6 Å². The number of hydrogen-bond donors (Lipinski definition) is 0. The molecule has 3 rings (SSSR count). The Labute approximate surface area is 179 Å². The number of anilines is 1. The van der Waals surface area contributed by atoms with Crippen molar-refractivity contribution in [1.29, 1.82) is 0 Å². The smallest absolute Gasteiger partial charge is 0.281 e. The van der Waals surface area contributed by atoms with E-state index in [0.29, 0.717) is 5.75 Å². The third-order valence-corrected chi connectivity index (χ3v) is 6.44. The zero-order chi connectivity index (χ0) is 21.0. The monoisotopic (exact) mass is 473 g/mol. The molecular formula is C22H20BrNO4S. The number of ether oxygens (including phenoxy) is 1. The second kappa shape index (κ2) is 8.80. The summed E-state index contributed by atoms with van der Waals surface area (Å²) in [5.74, 6) is -0.223. The molecule has 0 bridgehead atoms. The van der Waals surface area contributed by atoms with Crippen LogP contribution in [-0.4, -0.2) is 20.4 Å². The quantitative estimate of drug-likeness (QED) is 0.508. The van der Waals surface area contributed by atoms with Crippen LogP contribution in [-0.2, 0) is 14.8 Å². The first-order valence-electron chi connectivity index (χ1n) is 8.92. The van der Waals surface area contributed by atoms with Crippen LogP contribution in [0.1, 0.15) is 12.5 Å². The van der Waals surface area contributed by atoms with Crippen molar-refractivity contribution in [2.45, 2.75) is 24.8 Å². The number of hydrogen-bond acceptors (Lipinski definition) is 4. The minimum Gasteiger partial charge on any atom is -0.481 e. The van der Waals surface area contributed by atoms with E-state index in [0.717, 1.165) is 14.3 Å². The van der Waals surface area contributed by atoms with E-state index in [2.05, 4.69) is 15.9 Å². The number of benzene rings is 3. The Morgan fingerprint density at radius 1 is 0.966 bits per heavy atom. The molecule has 0 aliphatic rings. The number of sulfonamides is 1. The molecule has 3 aromatic rings. The molecule has 0 aliphatic carbocycles. The van der Waals surface area contributed by atoms with Gasteiger partial charge in [0, 0.05) is 4.47 Å². The number of halogens is 1. The van der Waals surface area contributed by atoms with Gasteiger partial charge in [-0.3, -0.25) is 4.79 Å². The molecule has 0 saturated heterocycles. The zero-order valence-corrected chi connectivity index (χ0v) is 18.4. The van der Waals surface area contributed by atoms with E-state index in [1.807, 2.05) is 13.0 Å². The lowest BCUT2D eigenvalue weighted by Gasteiger charge is -2.26. The number of carbonyl (C=O) groups excluding carboxylic acids is 1. The lowest BCUT2D eigenvalue weighted by Crippen LogP contribution is -2.44. The maximum atomic E-state index is 13.3. The number of rotatable bonds is 6. The molecule has 0 aromatic heterocycles. The van der Waals surface area contributed by atoms with Crippen molar-refractivity contribution in [1.82, 2.24) is 0 Å². The first-order valence-corrected chi connectivity index (χ1v) is 11.2. The van der Waals surface area contributed by atoms with Crippen LogP contribution in [0.15, 0.2) is 88.2 Å². The van der Waals surface area contributed by atoms with Crippen molar-refractivity contribution >= 4 is 37.5 Å². The van der Waals surface area contributed by atoms with Gasteiger partial charge >= 0.3 is 0 Å². The lowest BCUT2D eigenvalue weighted by atomic mass is 10.2. The Morgan fingerprint density at radius 3 is 2.24 bits per heavy atom. The first kappa shape index (κ1) is 21.1. The summed E-state index contributed by atoms with van der Waals surface area (Å²) in [6.07, 6.45) is -1.02. The Morgan fingerprint density at radius 2 is 1.62 bits per heavy atom. The molecule has 7 heteroatoms. The number of aryl methyl sites for hydroxylation is 1. The maximum Gasteiger partial charge on any atom is 0.281 e. The highest BCUT2D eigenvalue weighted by molar-refractivity contribution is 9.10. The van der Waals surface area contributed by atoms with Gasteiger partial charge in [-0.1, -0.05) is 57.9 Å². The van der Waals surface area contributed by atoms with Crippen LogP contribution < -0.4 is 9.04 Å². The summed E-state index contributed by atoms with van der Waals surface area (Å²) in [6.45, 7) is 3.42. The number of amides is 1. The summed E-state index contributed by atoms with van der Waals surface area (Å²) in [5, 5.41) is 0. The van der Waals surface area contributed by atoms with Gasteiger partial charge in [0.15, 0.2) is 6.10 Å². The van der Waals surface area contributed by atoms with Gasteiger partial charge in [0.2, 0.25) is 0 Å². The fourth-order valence-corrected chi connectivity index (χ4v) is 4.60. The van der Waals surface area contributed by atoms with E-state index in [1.54, 1.807) is 60.7 Å². The molecular weight excluding hydrogens is 454 g/mol. The molecule has 0 heterocycles. The van der Waals surface area contributed by atoms with Gasteiger partial charge in [-0.15, -0.1) is 0 Å². The Hall–Kier alpha value is -2.64. The average Bonchev–Trinajstić information content (AvgIpc) is 2.70. The molecule has 0 radical (unpaired) electrons. The molecule has 150 valence electrons. The highest BCUT2D eigenvalue weighted by atomic mass is 79.9. The average molecular weight is 474 g/mol. The van der Waals surface area contributed by atoms with Gasteiger partial charge in [0.1, 0.15) is 5.75 Å². The van der Waals surface area contributed by atoms with Crippen molar-refractivity contribution in [3.8, 4) is 5.75 Å². The van der Waals surface area contributed by atoms with Crippen LogP contribution in [0.25, 0.3) is 0 Å². The largest absolute Gasteiger partial charge is 0.481 e. The molecule has 5 nitrogen and oxygen atoms in total. The Balaban J connectivity index is 2.00. The first-order chi connectivity index (χ1) is 13.8. The van der Waals surface area contributed by atoms with Crippen molar-refractivity contribution in [3.63, 3.8) is 0 Å². The van der Waals surface area contributed by atoms with Crippen molar-refractivity contribution < 1.29 is 17.9 Å². The van der Waals surface area contributed by atoms with E-state index in [-0.39, 0.29) is 10.6 Å². The van der Waals surface area contributed by atoms with Gasteiger partial charge in [-0.25, -0.2) is 8.42 Å². The maximum absolute atomic E-state index is 13.3. The third-order valence-electron chi connectivity index (χ3n) is 4.21. The standard InChI is InChI=1S/C22H20BrNO4S/c1-16-11-13-19(14-12-16)24(29(26,27)21-9-4-3-5-10-21)22(25)17(2)28-20-8-6-7-18(23)15-20/h3-15,17H,1-2H3. The van der Waals surface area contributed by atoms with Crippen LogP contribution >= 0.6 is 15.9 Å². The SMILES string of the molecule is Cc1ccc(N(C(=O)C(C)Oc2cccc(Br)c2)S(=O)(=O)c2ccccc2)cc1. The van der Waals surface area contributed by atoms with Crippen LogP contribution in [0.5, 0.6) is 5.75 Å². The highest BCUT2D eigenvalue weighted by Crippen LogP contribution is 2.26. The van der Waals surface area contributed by atoms with E-state index >= 15 is 0 Å². The number of nitrogens with zero attached hydrogens (tertiary/aromatic N) is 1. The molecule has 0 saturated carbocycles. The van der Waals surface area contributed by atoms with E-state index < -0.39 is 22.0 Å². The van der Waals surface area contributed by atoms with Gasteiger partial charge < -0.3 is 4.74 Å². The van der Waals surface area contributed by atoms with E-state index in [4.69, 9.17) is 4.74 Å². The molecule has 0 N–H and O–H groups in total. The normalized spacial score (nSPS) is 12.2. The van der Waals surface area contributed by atoms with E-state index in [1.165, 1.54) is 19.1 Å². The van der Waals surface area contributed by atoms with E-state index in [9.17, 15) is 13.2 Å². The molecule has 1 atom stereocenters. The van der Waals surface area contributed by atoms with Gasteiger partial charge in [-0.05, 0) is 56.3 Å². The summed E-state index contributed by atoms with van der Waals surface area (Å²) in [7, 11) is -4.12. The Bertz CT molecular complexity index is 1100. The molecule has 0 spiro atoms. The summed E-state index contributed by atoms with van der Waals surface area (Å²) >= 11 is 3.35. The number of carbonyl (C=O) groups is 1. The lowest BCUT2D eigenvalue weighted by molar-refractivity contribution is -0.123. The fourth-order valence-electron chi connectivity index (χ4n) is 2.72.